The SMILES string of the molecule is CCCCCSCc1ccc(O)c(C(O)c2ccccc2-c2ccc(-c3ccc(OCCCC)cc3)c(S(=O)(=O)O)c2)c1. The maximum atomic E-state index is 12.6. The standard InChI is InChI=1S/C35H40O6S2/c1-3-5-9-21-42-24-25-12-19-33(36)32(22-25)35(37)31-11-8-7-10-29(31)27-15-18-30(34(23-27)43(38,39)40)26-13-16-28(17-14-26)41-20-6-4-2/h7-8,10-19,22-23,35-37H,3-6,9,20-21,24H2,1-2H3,(H,38,39,40). The summed E-state index contributed by atoms with van der Waals surface area (Å²) in [6, 6.07) is 24.4. The zero-order valence-electron chi connectivity index (χ0n) is 24.7. The highest BCUT2D eigenvalue weighted by Gasteiger charge is 2.22. The second-order valence-electron chi connectivity index (χ2n) is 10.6. The van der Waals surface area contributed by atoms with E-state index in [0.29, 0.717) is 45.7 Å². The van der Waals surface area contributed by atoms with Crippen LogP contribution in [0, 0.1) is 0 Å². The number of thioether (sulfide) groups is 1. The van der Waals surface area contributed by atoms with Gasteiger partial charge in [-0.05, 0) is 76.7 Å². The minimum absolute atomic E-state index is 0.0156. The van der Waals surface area contributed by atoms with E-state index in [1.807, 2.05) is 23.9 Å². The Morgan fingerprint density at radius 3 is 2.23 bits per heavy atom. The van der Waals surface area contributed by atoms with E-state index in [-0.39, 0.29) is 10.6 Å². The lowest BCUT2D eigenvalue weighted by molar-refractivity contribution is 0.216. The second kappa shape index (κ2) is 15.4. The zero-order chi connectivity index (χ0) is 30.8. The third-order valence-corrected chi connectivity index (χ3v) is 9.31. The van der Waals surface area contributed by atoms with E-state index in [0.717, 1.165) is 36.3 Å². The van der Waals surface area contributed by atoms with Gasteiger partial charge in [-0.15, -0.1) is 0 Å². The fraction of sp³-hybridized carbons (Fsp3) is 0.314. The largest absolute Gasteiger partial charge is 0.508 e. The van der Waals surface area contributed by atoms with Crippen LogP contribution in [0.15, 0.2) is 89.8 Å². The number of unbranched alkanes of at least 4 members (excludes halogenated alkanes) is 3. The molecule has 0 aromatic heterocycles. The molecular formula is C35H40O6S2. The summed E-state index contributed by atoms with van der Waals surface area (Å²) in [5.74, 6) is 2.50. The molecule has 228 valence electrons. The molecule has 0 heterocycles. The summed E-state index contributed by atoms with van der Waals surface area (Å²) in [5.41, 5.74) is 3.96. The summed E-state index contributed by atoms with van der Waals surface area (Å²) in [6.07, 6.45) is 4.33. The summed E-state index contributed by atoms with van der Waals surface area (Å²) in [4.78, 5) is -0.237. The number of rotatable bonds is 15. The molecule has 4 aromatic carbocycles. The van der Waals surface area contributed by atoms with Crippen LogP contribution in [0.4, 0.5) is 0 Å². The molecule has 43 heavy (non-hydrogen) atoms. The monoisotopic (exact) mass is 620 g/mol. The van der Waals surface area contributed by atoms with Crippen molar-refractivity contribution in [2.45, 2.75) is 62.7 Å². The molecule has 0 radical (unpaired) electrons. The molecule has 0 aliphatic carbocycles. The Morgan fingerprint density at radius 1 is 0.791 bits per heavy atom. The van der Waals surface area contributed by atoms with Crippen LogP contribution in [-0.4, -0.2) is 35.5 Å². The van der Waals surface area contributed by atoms with Crippen LogP contribution in [0.2, 0.25) is 0 Å². The quantitative estimate of drug-likeness (QED) is 0.0902. The first-order valence-corrected chi connectivity index (χ1v) is 17.3. The van der Waals surface area contributed by atoms with E-state index >= 15 is 0 Å². The molecule has 0 aliphatic rings. The summed E-state index contributed by atoms with van der Waals surface area (Å²) in [7, 11) is -4.59. The molecule has 6 nitrogen and oxygen atoms in total. The van der Waals surface area contributed by atoms with E-state index in [2.05, 4.69) is 13.8 Å². The lowest BCUT2D eigenvalue weighted by Crippen LogP contribution is -2.05. The minimum atomic E-state index is -4.59. The average Bonchev–Trinajstić information content (AvgIpc) is 3.01. The highest BCUT2D eigenvalue weighted by atomic mass is 32.2. The van der Waals surface area contributed by atoms with Gasteiger partial charge in [-0.1, -0.05) is 87.7 Å². The van der Waals surface area contributed by atoms with Gasteiger partial charge < -0.3 is 14.9 Å². The predicted octanol–water partition coefficient (Wildman–Crippen LogP) is 8.66. The van der Waals surface area contributed by atoms with Crippen molar-refractivity contribution in [1.29, 1.82) is 0 Å². The van der Waals surface area contributed by atoms with Gasteiger partial charge in [0.25, 0.3) is 10.1 Å². The highest BCUT2D eigenvalue weighted by molar-refractivity contribution is 7.98. The molecule has 0 aliphatic heterocycles. The van der Waals surface area contributed by atoms with Gasteiger partial charge in [0.15, 0.2) is 0 Å². The number of ether oxygens (including phenoxy) is 1. The molecule has 0 amide bonds. The predicted molar refractivity (Wildman–Crippen MR) is 175 cm³/mol. The van der Waals surface area contributed by atoms with Crippen molar-refractivity contribution >= 4 is 21.9 Å². The van der Waals surface area contributed by atoms with Crippen molar-refractivity contribution in [3.05, 3.63) is 102 Å². The number of phenolic OH excluding ortho intramolecular Hbond substituents is 1. The molecule has 1 unspecified atom stereocenters. The van der Waals surface area contributed by atoms with Gasteiger partial charge in [-0.2, -0.15) is 20.2 Å². The van der Waals surface area contributed by atoms with Gasteiger partial charge in [0.05, 0.1) is 6.61 Å². The maximum absolute atomic E-state index is 12.6. The van der Waals surface area contributed by atoms with Crippen molar-refractivity contribution in [2.75, 3.05) is 12.4 Å². The molecule has 0 saturated heterocycles. The van der Waals surface area contributed by atoms with Crippen molar-refractivity contribution in [3.63, 3.8) is 0 Å². The fourth-order valence-corrected chi connectivity index (χ4v) is 6.64. The Kier molecular flexibility index (Phi) is 11.7. The van der Waals surface area contributed by atoms with Gasteiger partial charge in [-0.3, -0.25) is 4.55 Å². The van der Waals surface area contributed by atoms with Gasteiger partial charge in [0.1, 0.15) is 22.5 Å². The van der Waals surface area contributed by atoms with E-state index < -0.39 is 16.2 Å². The van der Waals surface area contributed by atoms with Crippen LogP contribution in [0.5, 0.6) is 11.5 Å². The third kappa shape index (κ3) is 8.63. The van der Waals surface area contributed by atoms with Crippen LogP contribution in [0.25, 0.3) is 22.3 Å². The average molecular weight is 621 g/mol. The smallest absolute Gasteiger partial charge is 0.295 e. The number of hydrogen-bond acceptors (Lipinski definition) is 6. The summed E-state index contributed by atoms with van der Waals surface area (Å²) in [5, 5.41) is 22.2. The van der Waals surface area contributed by atoms with Crippen LogP contribution < -0.4 is 4.74 Å². The van der Waals surface area contributed by atoms with Crippen LogP contribution >= 0.6 is 11.8 Å². The molecule has 0 spiro atoms. The van der Waals surface area contributed by atoms with Crippen LogP contribution in [-0.2, 0) is 15.9 Å². The van der Waals surface area contributed by atoms with Crippen molar-refractivity contribution in [3.8, 4) is 33.8 Å². The number of aliphatic hydroxyl groups is 1. The Hall–Kier alpha value is -3.30. The number of phenols is 1. The fourth-order valence-electron chi connectivity index (χ4n) is 4.93. The van der Waals surface area contributed by atoms with Crippen molar-refractivity contribution < 1.29 is 27.9 Å². The number of aromatic hydroxyl groups is 1. The topological polar surface area (TPSA) is 104 Å². The van der Waals surface area contributed by atoms with Crippen molar-refractivity contribution in [1.82, 2.24) is 0 Å². The molecule has 4 aromatic rings. The minimum Gasteiger partial charge on any atom is -0.508 e. The van der Waals surface area contributed by atoms with Crippen LogP contribution in [0.3, 0.4) is 0 Å². The first-order chi connectivity index (χ1) is 20.7. The Labute approximate surface area is 259 Å². The summed E-state index contributed by atoms with van der Waals surface area (Å²) >= 11 is 1.83. The number of benzene rings is 4. The van der Waals surface area contributed by atoms with E-state index in [1.165, 1.54) is 18.9 Å². The Bertz CT molecular complexity index is 1600. The third-order valence-electron chi connectivity index (χ3n) is 7.31. The lowest BCUT2D eigenvalue weighted by atomic mass is 9.91. The summed E-state index contributed by atoms with van der Waals surface area (Å²) in [6.45, 7) is 4.87. The molecule has 0 bridgehead atoms. The van der Waals surface area contributed by atoms with Gasteiger partial charge in [0.2, 0.25) is 0 Å². The van der Waals surface area contributed by atoms with E-state index in [9.17, 15) is 23.2 Å². The molecule has 8 heteroatoms. The molecule has 1 atom stereocenters. The molecule has 3 N–H and O–H groups in total. The Morgan fingerprint density at radius 2 is 1.51 bits per heavy atom. The highest BCUT2D eigenvalue weighted by Crippen LogP contribution is 2.39. The molecule has 4 rings (SSSR count). The van der Waals surface area contributed by atoms with Gasteiger partial charge >= 0.3 is 0 Å². The number of aliphatic hydroxyl groups excluding tert-OH is 1. The first-order valence-electron chi connectivity index (χ1n) is 14.7. The molecular weight excluding hydrogens is 581 g/mol. The van der Waals surface area contributed by atoms with Gasteiger partial charge in [0, 0.05) is 16.9 Å². The molecule has 0 saturated carbocycles. The van der Waals surface area contributed by atoms with Crippen molar-refractivity contribution in [2.24, 2.45) is 0 Å². The van der Waals surface area contributed by atoms with E-state index in [1.54, 1.807) is 66.7 Å². The second-order valence-corrected chi connectivity index (χ2v) is 13.1. The lowest BCUT2D eigenvalue weighted by Gasteiger charge is -2.19. The van der Waals surface area contributed by atoms with Gasteiger partial charge in [-0.25, -0.2) is 0 Å². The first kappa shape index (κ1) is 32.6. The zero-order valence-corrected chi connectivity index (χ0v) is 26.3. The Balaban J connectivity index is 1.66. The normalized spacial score (nSPS) is 12.3. The molecule has 0 fully saturated rings. The summed E-state index contributed by atoms with van der Waals surface area (Å²) < 4.78 is 41.1. The van der Waals surface area contributed by atoms with Crippen LogP contribution in [0.1, 0.15) is 68.7 Å². The number of hydrogen-bond donors (Lipinski definition) is 3. The van der Waals surface area contributed by atoms with E-state index in [4.69, 9.17) is 4.74 Å². The maximum Gasteiger partial charge on any atom is 0.295 e.